The highest BCUT2D eigenvalue weighted by Crippen LogP contribution is 2.30. The van der Waals surface area contributed by atoms with E-state index in [1.54, 1.807) is 18.2 Å². The molecule has 2 aromatic rings. The van der Waals surface area contributed by atoms with Crippen molar-refractivity contribution in [1.29, 1.82) is 0 Å². The Kier molecular flexibility index (Phi) is 9.87. The van der Waals surface area contributed by atoms with E-state index in [-0.39, 0.29) is 35.9 Å². The van der Waals surface area contributed by atoms with Crippen LogP contribution in [0.25, 0.3) is 0 Å². The van der Waals surface area contributed by atoms with Crippen molar-refractivity contribution in [3.05, 3.63) is 64.2 Å². The maximum atomic E-state index is 12.5. The van der Waals surface area contributed by atoms with Crippen LogP contribution in [0.5, 0.6) is 5.75 Å². The highest BCUT2D eigenvalue weighted by molar-refractivity contribution is 7.89. The summed E-state index contributed by atoms with van der Waals surface area (Å²) in [5.74, 6) is -1.09. The minimum atomic E-state index is -3.62. The van der Waals surface area contributed by atoms with Crippen LogP contribution in [-0.2, 0) is 34.5 Å². The maximum absolute atomic E-state index is 12.5. The van der Waals surface area contributed by atoms with Gasteiger partial charge in [-0.2, -0.15) is 4.31 Å². The second kappa shape index (κ2) is 12.3. The SMILES string of the molecule is CN(C)C[C@H](CC(C)(C)C)N(Cc1cccc(CN2C(C(=O)O)CCS2(=O)=O)c1)Cc1cc(Cl)ccc1O. The van der Waals surface area contributed by atoms with Crippen LogP contribution in [0, 0.1) is 5.41 Å². The normalized spacial score (nSPS) is 18.8. The van der Waals surface area contributed by atoms with Crippen LogP contribution >= 0.6 is 11.6 Å². The monoisotopic (exact) mass is 565 g/mol. The number of phenolic OH excluding ortho intramolecular Hbond substituents is 1. The van der Waals surface area contributed by atoms with Crippen molar-refractivity contribution < 1.29 is 23.4 Å². The smallest absolute Gasteiger partial charge is 0.322 e. The molecule has 0 saturated carbocycles. The van der Waals surface area contributed by atoms with Crippen molar-refractivity contribution in [3.63, 3.8) is 0 Å². The number of carboxylic acid groups (broad SMARTS) is 1. The molecular weight excluding hydrogens is 526 g/mol. The van der Waals surface area contributed by atoms with Gasteiger partial charge in [0.05, 0.1) is 5.75 Å². The van der Waals surface area contributed by atoms with Gasteiger partial charge in [0.25, 0.3) is 0 Å². The third kappa shape index (κ3) is 8.41. The molecule has 8 nitrogen and oxygen atoms in total. The molecular formula is C28H40ClN3O5S. The van der Waals surface area contributed by atoms with E-state index in [1.807, 2.05) is 38.4 Å². The van der Waals surface area contributed by atoms with Gasteiger partial charge in [0.15, 0.2) is 0 Å². The van der Waals surface area contributed by atoms with E-state index in [0.717, 1.165) is 34.0 Å². The van der Waals surface area contributed by atoms with Crippen molar-refractivity contribution in [2.75, 3.05) is 26.4 Å². The van der Waals surface area contributed by atoms with Crippen LogP contribution in [0.4, 0.5) is 0 Å². The quantitative estimate of drug-likeness (QED) is 0.416. The first-order chi connectivity index (χ1) is 17.6. The first-order valence-electron chi connectivity index (χ1n) is 12.8. The molecule has 1 aliphatic heterocycles. The lowest BCUT2D eigenvalue weighted by Crippen LogP contribution is -2.43. The molecule has 2 aromatic carbocycles. The van der Waals surface area contributed by atoms with Gasteiger partial charge in [-0.1, -0.05) is 56.6 Å². The second-order valence-corrected chi connectivity index (χ2v) is 14.2. The molecule has 2 atom stereocenters. The molecule has 0 bridgehead atoms. The van der Waals surface area contributed by atoms with Crippen LogP contribution < -0.4 is 0 Å². The summed E-state index contributed by atoms with van der Waals surface area (Å²) in [6.07, 6.45) is 1.01. The Balaban J connectivity index is 1.93. The van der Waals surface area contributed by atoms with Gasteiger partial charge in [-0.05, 0) is 61.7 Å². The Morgan fingerprint density at radius 1 is 1.13 bits per heavy atom. The first kappa shape index (κ1) is 30.4. The van der Waals surface area contributed by atoms with Gasteiger partial charge in [-0.3, -0.25) is 9.69 Å². The van der Waals surface area contributed by atoms with E-state index in [0.29, 0.717) is 18.1 Å². The molecule has 0 amide bonds. The summed E-state index contributed by atoms with van der Waals surface area (Å²) >= 11 is 6.26. The Morgan fingerprint density at radius 2 is 1.82 bits per heavy atom. The number of benzene rings is 2. The number of halogens is 1. The molecule has 1 saturated heterocycles. The number of rotatable bonds is 11. The number of sulfonamides is 1. The number of carbonyl (C=O) groups is 1. The molecule has 0 aromatic heterocycles. The van der Waals surface area contributed by atoms with Gasteiger partial charge in [0, 0.05) is 42.8 Å². The zero-order valence-electron chi connectivity index (χ0n) is 22.9. The second-order valence-electron chi connectivity index (χ2n) is 11.7. The highest BCUT2D eigenvalue weighted by Gasteiger charge is 2.41. The van der Waals surface area contributed by atoms with Crippen LogP contribution in [0.15, 0.2) is 42.5 Å². The summed E-state index contributed by atoms with van der Waals surface area (Å²) in [4.78, 5) is 16.1. The average molecular weight is 566 g/mol. The van der Waals surface area contributed by atoms with Gasteiger partial charge < -0.3 is 15.1 Å². The summed E-state index contributed by atoms with van der Waals surface area (Å²) in [7, 11) is 0.469. The molecule has 1 aliphatic rings. The number of aliphatic carboxylic acids is 1. The Labute approximate surface area is 231 Å². The van der Waals surface area contributed by atoms with E-state index in [1.165, 1.54) is 0 Å². The molecule has 10 heteroatoms. The van der Waals surface area contributed by atoms with Crippen LogP contribution in [0.3, 0.4) is 0 Å². The fourth-order valence-corrected chi connectivity index (χ4v) is 6.94. The Bertz CT molecular complexity index is 1230. The highest BCUT2D eigenvalue weighted by atomic mass is 35.5. The predicted octanol–water partition coefficient (Wildman–Crippen LogP) is 4.40. The van der Waals surface area contributed by atoms with Gasteiger partial charge in [-0.25, -0.2) is 8.42 Å². The molecule has 2 N–H and O–H groups in total. The average Bonchev–Trinajstić information content (AvgIpc) is 3.08. The van der Waals surface area contributed by atoms with Crippen LogP contribution in [0.2, 0.25) is 5.02 Å². The standard InChI is InChI=1S/C28H40ClN3O5S/c1-28(2,3)15-24(19-30(4)5)31(18-22-14-23(29)9-10-26(22)33)16-20-7-6-8-21(13-20)17-32-25(27(34)35)11-12-38(32,36)37/h6-10,13-14,24-25,33H,11-12,15-19H2,1-5H3,(H,34,35)/t24-,25?/m0/s1. The number of nitrogens with zero attached hydrogens (tertiary/aromatic N) is 3. The fourth-order valence-electron chi connectivity index (χ4n) is 5.06. The summed E-state index contributed by atoms with van der Waals surface area (Å²) in [6.45, 7) is 8.49. The Hall–Kier alpha value is -2.17. The zero-order chi connectivity index (χ0) is 28.3. The number of carboxylic acids is 1. The number of hydrogen-bond donors (Lipinski definition) is 2. The third-order valence-corrected chi connectivity index (χ3v) is 8.79. The van der Waals surface area contributed by atoms with E-state index in [9.17, 15) is 23.4 Å². The van der Waals surface area contributed by atoms with Crippen LogP contribution in [0.1, 0.15) is 50.3 Å². The van der Waals surface area contributed by atoms with Crippen LogP contribution in [-0.4, -0.2) is 77.2 Å². The van der Waals surface area contributed by atoms with E-state index >= 15 is 0 Å². The molecule has 0 radical (unpaired) electrons. The molecule has 0 spiro atoms. The largest absolute Gasteiger partial charge is 0.508 e. The molecule has 1 unspecified atom stereocenters. The molecule has 0 aliphatic carbocycles. The van der Waals surface area contributed by atoms with Crippen molar-refractivity contribution in [2.45, 2.75) is 65.3 Å². The lowest BCUT2D eigenvalue weighted by molar-refractivity contribution is -0.141. The maximum Gasteiger partial charge on any atom is 0.322 e. The van der Waals surface area contributed by atoms with Gasteiger partial charge >= 0.3 is 5.97 Å². The molecule has 1 fully saturated rings. The third-order valence-electron chi connectivity index (χ3n) is 6.71. The van der Waals surface area contributed by atoms with Gasteiger partial charge in [0.2, 0.25) is 10.0 Å². The lowest BCUT2D eigenvalue weighted by atomic mass is 9.87. The topological polar surface area (TPSA) is 101 Å². The molecule has 210 valence electrons. The predicted molar refractivity (Wildman–Crippen MR) is 151 cm³/mol. The molecule has 38 heavy (non-hydrogen) atoms. The lowest BCUT2D eigenvalue weighted by Gasteiger charge is -2.37. The summed E-state index contributed by atoms with van der Waals surface area (Å²) in [6, 6.07) is 11.8. The van der Waals surface area contributed by atoms with E-state index < -0.39 is 22.0 Å². The minimum absolute atomic E-state index is 0.0192. The van der Waals surface area contributed by atoms with Crippen molar-refractivity contribution in [3.8, 4) is 5.75 Å². The Morgan fingerprint density at radius 3 is 2.45 bits per heavy atom. The first-order valence-corrected chi connectivity index (χ1v) is 14.8. The zero-order valence-corrected chi connectivity index (χ0v) is 24.5. The fraction of sp³-hybridized carbons (Fsp3) is 0.536. The summed E-state index contributed by atoms with van der Waals surface area (Å²) < 4.78 is 26.2. The molecule has 1 heterocycles. The minimum Gasteiger partial charge on any atom is -0.508 e. The van der Waals surface area contributed by atoms with E-state index in [4.69, 9.17) is 11.6 Å². The van der Waals surface area contributed by atoms with Gasteiger partial charge in [-0.15, -0.1) is 0 Å². The van der Waals surface area contributed by atoms with Crippen molar-refractivity contribution >= 4 is 27.6 Å². The number of likely N-dealkylation sites (N-methyl/N-ethyl adjacent to an activating group) is 1. The van der Waals surface area contributed by atoms with Gasteiger partial charge in [0.1, 0.15) is 11.8 Å². The summed E-state index contributed by atoms with van der Waals surface area (Å²) in [5, 5.41) is 20.6. The van der Waals surface area contributed by atoms with Crippen molar-refractivity contribution in [1.82, 2.24) is 14.1 Å². The van der Waals surface area contributed by atoms with E-state index in [2.05, 4.69) is 30.6 Å². The number of phenols is 1. The van der Waals surface area contributed by atoms with Crippen molar-refractivity contribution in [2.24, 2.45) is 5.41 Å². The number of hydrogen-bond acceptors (Lipinski definition) is 6. The molecule has 3 rings (SSSR count). The summed E-state index contributed by atoms with van der Waals surface area (Å²) in [5.41, 5.74) is 2.52. The number of aromatic hydroxyl groups is 1.